The van der Waals surface area contributed by atoms with E-state index in [2.05, 4.69) is 10.6 Å². The van der Waals surface area contributed by atoms with Crippen LogP contribution in [0.15, 0.2) is 0 Å². The van der Waals surface area contributed by atoms with Gasteiger partial charge in [-0.2, -0.15) is 18.4 Å². The number of nitriles is 1. The normalized spacial score (nSPS) is 29.9. The van der Waals surface area contributed by atoms with Gasteiger partial charge in [0.25, 0.3) is 0 Å². The fourth-order valence-corrected chi connectivity index (χ4v) is 6.11. The molecule has 4 amide bonds. The van der Waals surface area contributed by atoms with Gasteiger partial charge in [0.05, 0.1) is 6.07 Å². The van der Waals surface area contributed by atoms with Crippen LogP contribution in [0, 0.1) is 39.9 Å². The van der Waals surface area contributed by atoms with E-state index in [1.807, 2.05) is 11.4 Å². The first kappa shape index (κ1) is 26.2. The molecule has 2 saturated carbocycles. The van der Waals surface area contributed by atoms with E-state index in [9.17, 15) is 37.6 Å². The van der Waals surface area contributed by atoms with E-state index >= 15 is 0 Å². The lowest BCUT2D eigenvalue weighted by Crippen LogP contribution is -2.60. The molecule has 0 aromatic rings. The monoisotopic (exact) mass is 511 g/mol. The minimum Gasteiger partial charge on any atom is -0.356 e. The molecule has 4 fully saturated rings. The van der Waals surface area contributed by atoms with Gasteiger partial charge in [-0.1, -0.05) is 20.8 Å². The van der Waals surface area contributed by atoms with Crippen LogP contribution in [0.2, 0.25) is 0 Å². The Morgan fingerprint density at radius 2 is 1.89 bits per heavy atom. The van der Waals surface area contributed by atoms with Gasteiger partial charge in [-0.3, -0.25) is 19.2 Å². The number of halogens is 3. The number of likely N-dealkylation sites (tertiary alicyclic amines) is 1. The van der Waals surface area contributed by atoms with Crippen LogP contribution < -0.4 is 16.0 Å². The van der Waals surface area contributed by atoms with Gasteiger partial charge in [-0.05, 0) is 54.8 Å². The molecule has 0 radical (unpaired) electrons. The summed E-state index contributed by atoms with van der Waals surface area (Å²) in [7, 11) is 0. The number of fused-ring (bicyclic) bond motifs is 3. The fraction of sp³-hybridized carbons (Fsp3) is 0.792. The highest BCUT2D eigenvalue weighted by Crippen LogP contribution is 2.78. The second kappa shape index (κ2) is 8.92. The molecule has 36 heavy (non-hydrogen) atoms. The van der Waals surface area contributed by atoms with Gasteiger partial charge in [-0.25, -0.2) is 0 Å². The minimum absolute atomic E-state index is 0.0172. The van der Waals surface area contributed by atoms with Crippen molar-refractivity contribution in [3.8, 4) is 6.07 Å². The Morgan fingerprint density at radius 3 is 2.42 bits per heavy atom. The van der Waals surface area contributed by atoms with Crippen molar-refractivity contribution in [1.29, 1.82) is 5.26 Å². The lowest BCUT2D eigenvalue weighted by molar-refractivity contribution is -0.176. The first-order valence-corrected chi connectivity index (χ1v) is 12.4. The number of piperidine rings is 2. The number of hydrogen-bond acceptors (Lipinski definition) is 5. The van der Waals surface area contributed by atoms with Crippen molar-refractivity contribution >= 4 is 23.6 Å². The molecule has 12 heteroatoms. The summed E-state index contributed by atoms with van der Waals surface area (Å²) in [5.41, 5.74) is -1.07. The number of nitrogens with zero attached hydrogens (tertiary/aromatic N) is 2. The second-order valence-corrected chi connectivity index (χ2v) is 11.6. The zero-order valence-electron chi connectivity index (χ0n) is 20.6. The molecule has 0 aromatic heterocycles. The van der Waals surface area contributed by atoms with E-state index in [1.54, 1.807) is 20.8 Å². The fourth-order valence-electron chi connectivity index (χ4n) is 6.11. The summed E-state index contributed by atoms with van der Waals surface area (Å²) < 4.78 is 38.9. The number of rotatable bonds is 6. The predicted octanol–water partition coefficient (Wildman–Crippen LogP) is 1.24. The Kier molecular flexibility index (Phi) is 6.50. The highest BCUT2D eigenvalue weighted by Gasteiger charge is 2.79. The van der Waals surface area contributed by atoms with Crippen LogP contribution in [0.4, 0.5) is 13.2 Å². The molecule has 0 unspecified atom stereocenters. The first-order valence-electron chi connectivity index (χ1n) is 12.4. The Balaban J connectivity index is 1.51. The molecule has 4 aliphatic rings. The lowest BCUT2D eigenvalue weighted by atomic mass is 9.85. The molecule has 2 saturated heterocycles. The maximum atomic E-state index is 13.5. The molecule has 1 spiro atoms. The number of carbonyl (C=O) groups excluding carboxylic acids is 4. The van der Waals surface area contributed by atoms with Gasteiger partial charge in [0.1, 0.15) is 18.1 Å². The maximum absolute atomic E-state index is 13.5. The molecular formula is C24H32F3N5O4. The predicted molar refractivity (Wildman–Crippen MR) is 119 cm³/mol. The van der Waals surface area contributed by atoms with Crippen LogP contribution in [0.25, 0.3) is 0 Å². The quantitative estimate of drug-likeness (QED) is 0.494. The van der Waals surface area contributed by atoms with E-state index in [-0.39, 0.29) is 36.1 Å². The van der Waals surface area contributed by atoms with Crippen LogP contribution in [0.5, 0.6) is 0 Å². The van der Waals surface area contributed by atoms with Crippen LogP contribution >= 0.6 is 0 Å². The Hall–Kier alpha value is -2.84. The highest BCUT2D eigenvalue weighted by atomic mass is 19.4. The van der Waals surface area contributed by atoms with Crippen molar-refractivity contribution in [2.45, 2.75) is 77.2 Å². The van der Waals surface area contributed by atoms with Gasteiger partial charge < -0.3 is 20.9 Å². The minimum atomic E-state index is -5.16. The number of carbonyl (C=O) groups is 4. The SMILES string of the molecule is CC(C)(C)[C@H](NC(=O)C(F)(F)F)C(=O)N1C[C@H]2[C@@H]([C@H]1C(=O)N[C@H](C#N)C[C@@H]1CCCNC1=O)C21CC1. The number of alkyl halides is 3. The van der Waals surface area contributed by atoms with E-state index < -0.39 is 53.4 Å². The summed E-state index contributed by atoms with van der Waals surface area (Å²) in [6.45, 7) is 5.42. The third-order valence-electron chi connectivity index (χ3n) is 8.21. The molecule has 4 rings (SSSR count). The maximum Gasteiger partial charge on any atom is 0.471 e. The van der Waals surface area contributed by atoms with Crippen molar-refractivity contribution in [1.82, 2.24) is 20.9 Å². The molecule has 6 atom stereocenters. The van der Waals surface area contributed by atoms with Crippen molar-refractivity contribution in [3.05, 3.63) is 0 Å². The molecule has 2 aliphatic carbocycles. The second-order valence-electron chi connectivity index (χ2n) is 11.6. The van der Waals surface area contributed by atoms with Crippen molar-refractivity contribution < 1.29 is 32.3 Å². The number of nitrogens with one attached hydrogen (secondary N) is 3. The molecule has 198 valence electrons. The van der Waals surface area contributed by atoms with Crippen molar-refractivity contribution in [2.75, 3.05) is 13.1 Å². The summed E-state index contributed by atoms with van der Waals surface area (Å²) in [6.07, 6.45) is -1.79. The van der Waals surface area contributed by atoms with Gasteiger partial charge in [0.2, 0.25) is 17.7 Å². The zero-order chi connectivity index (χ0) is 26.6. The summed E-state index contributed by atoms with van der Waals surface area (Å²) in [5.74, 6) is -4.13. The van der Waals surface area contributed by atoms with Crippen molar-refractivity contribution in [3.63, 3.8) is 0 Å². The molecule has 2 heterocycles. The van der Waals surface area contributed by atoms with E-state index in [4.69, 9.17) is 0 Å². The van der Waals surface area contributed by atoms with E-state index in [0.717, 1.165) is 19.3 Å². The Bertz CT molecular complexity index is 997. The largest absolute Gasteiger partial charge is 0.471 e. The molecule has 0 bridgehead atoms. The lowest BCUT2D eigenvalue weighted by Gasteiger charge is -2.37. The van der Waals surface area contributed by atoms with Crippen LogP contribution in [-0.4, -0.2) is 65.9 Å². The number of hydrogen-bond donors (Lipinski definition) is 3. The molecule has 9 nitrogen and oxygen atoms in total. The van der Waals surface area contributed by atoms with Gasteiger partial charge >= 0.3 is 12.1 Å². The van der Waals surface area contributed by atoms with E-state index in [0.29, 0.717) is 13.0 Å². The summed E-state index contributed by atoms with van der Waals surface area (Å²) in [4.78, 5) is 52.0. The topological polar surface area (TPSA) is 131 Å². The average molecular weight is 512 g/mol. The Labute approximate surface area is 207 Å². The van der Waals surface area contributed by atoms with E-state index in [1.165, 1.54) is 4.90 Å². The van der Waals surface area contributed by atoms with Gasteiger partial charge in [0, 0.05) is 19.0 Å². The smallest absolute Gasteiger partial charge is 0.356 e. The summed E-state index contributed by atoms with van der Waals surface area (Å²) >= 11 is 0. The van der Waals surface area contributed by atoms with Crippen LogP contribution in [0.3, 0.4) is 0 Å². The molecule has 3 N–H and O–H groups in total. The third-order valence-corrected chi connectivity index (χ3v) is 8.21. The van der Waals surface area contributed by atoms with Crippen LogP contribution in [0.1, 0.15) is 52.9 Å². The molecule has 2 aliphatic heterocycles. The van der Waals surface area contributed by atoms with Gasteiger partial charge in [0.15, 0.2) is 0 Å². The highest BCUT2D eigenvalue weighted by molar-refractivity contribution is 5.95. The first-order chi connectivity index (χ1) is 16.7. The van der Waals surface area contributed by atoms with Gasteiger partial charge in [-0.15, -0.1) is 0 Å². The third kappa shape index (κ3) is 4.76. The number of amides is 4. The van der Waals surface area contributed by atoms with Crippen LogP contribution in [-0.2, 0) is 19.2 Å². The summed E-state index contributed by atoms with van der Waals surface area (Å²) in [5, 5.41) is 16.9. The zero-order valence-corrected chi connectivity index (χ0v) is 20.6. The summed E-state index contributed by atoms with van der Waals surface area (Å²) in [6, 6.07) is -1.35. The molecular weight excluding hydrogens is 479 g/mol. The Morgan fingerprint density at radius 1 is 1.22 bits per heavy atom. The average Bonchev–Trinajstić information content (AvgIpc) is 3.64. The standard InChI is InChI=1S/C24H32F3N5O4/c1-22(2,3)17(31-21(36)24(25,26)27)20(35)32-11-14-15(23(14)6-7-23)16(32)19(34)30-13(10-28)9-12-5-4-8-29-18(12)33/h12-17H,4-9,11H2,1-3H3,(H,29,33)(H,30,34)(H,31,36)/t12-,13-,14-,15-,16-,17+/m0/s1. The molecule has 0 aromatic carbocycles. The van der Waals surface area contributed by atoms with Crippen molar-refractivity contribution in [2.24, 2.45) is 28.6 Å².